The Morgan fingerprint density at radius 3 is 2.42 bits per heavy atom. The van der Waals surface area contributed by atoms with E-state index in [1.54, 1.807) is 0 Å². The van der Waals surface area contributed by atoms with Crippen molar-refractivity contribution in [3.63, 3.8) is 0 Å². The van der Waals surface area contributed by atoms with Crippen LogP contribution < -0.4 is 5.32 Å². The van der Waals surface area contributed by atoms with Crippen LogP contribution in [-0.2, 0) is 0 Å². The van der Waals surface area contributed by atoms with Crippen LogP contribution in [-0.4, -0.2) is 19.6 Å². The van der Waals surface area contributed by atoms with E-state index in [0.717, 1.165) is 49.6 Å². The van der Waals surface area contributed by atoms with Crippen molar-refractivity contribution in [3.8, 4) is 0 Å². The van der Waals surface area contributed by atoms with Gasteiger partial charge in [-0.15, -0.1) is 5.10 Å². The minimum atomic E-state index is 0.726. The van der Waals surface area contributed by atoms with Crippen molar-refractivity contribution in [2.24, 2.45) is 0 Å². The van der Waals surface area contributed by atoms with E-state index in [4.69, 9.17) is 0 Å². The third kappa shape index (κ3) is 2.53. The Morgan fingerprint density at radius 1 is 0.958 bits per heavy atom. The van der Waals surface area contributed by atoms with Gasteiger partial charge in [0.1, 0.15) is 5.82 Å². The number of aryl methyl sites for hydroxylation is 3. The molecule has 0 spiro atoms. The number of halogens is 1. The van der Waals surface area contributed by atoms with Gasteiger partial charge >= 0.3 is 0 Å². The molecule has 3 aromatic heterocycles. The molecule has 4 rings (SSSR count). The van der Waals surface area contributed by atoms with Crippen molar-refractivity contribution in [1.82, 2.24) is 19.6 Å². The van der Waals surface area contributed by atoms with E-state index in [9.17, 15) is 0 Å². The molecule has 0 bridgehead atoms. The zero-order valence-corrected chi connectivity index (χ0v) is 15.2. The summed E-state index contributed by atoms with van der Waals surface area (Å²) in [6, 6.07) is 12.1. The number of hydrogen-bond acceptors (Lipinski definition) is 4. The maximum atomic E-state index is 4.68. The predicted octanol–water partition coefficient (Wildman–Crippen LogP) is 4.71. The maximum Gasteiger partial charge on any atom is 0.184 e. The number of pyridine rings is 1. The summed E-state index contributed by atoms with van der Waals surface area (Å²) < 4.78 is 2.88. The number of aromatic nitrogens is 4. The van der Waals surface area contributed by atoms with Crippen molar-refractivity contribution < 1.29 is 0 Å². The quantitative estimate of drug-likeness (QED) is 0.546. The zero-order chi connectivity index (χ0) is 16.8. The zero-order valence-electron chi connectivity index (χ0n) is 13.6. The predicted molar refractivity (Wildman–Crippen MR) is 99.9 cm³/mol. The molecule has 3 heterocycles. The van der Waals surface area contributed by atoms with Gasteiger partial charge in [-0.25, -0.2) is 9.97 Å². The Morgan fingerprint density at radius 2 is 1.67 bits per heavy atom. The molecule has 0 fully saturated rings. The van der Waals surface area contributed by atoms with Gasteiger partial charge < -0.3 is 5.32 Å². The van der Waals surface area contributed by atoms with Crippen LogP contribution in [0.15, 0.2) is 40.9 Å². The van der Waals surface area contributed by atoms with Gasteiger partial charge in [-0.1, -0.05) is 15.9 Å². The summed E-state index contributed by atoms with van der Waals surface area (Å²) in [7, 11) is 0. The normalized spacial score (nSPS) is 11.3. The lowest BCUT2D eigenvalue weighted by Gasteiger charge is -2.09. The summed E-state index contributed by atoms with van der Waals surface area (Å²) in [6.45, 7) is 6.04. The molecule has 0 amide bonds. The average Bonchev–Trinajstić information content (AvgIpc) is 2.88. The minimum absolute atomic E-state index is 0.726. The fourth-order valence-electron chi connectivity index (χ4n) is 2.91. The third-order valence-electron chi connectivity index (χ3n) is 3.92. The van der Waals surface area contributed by atoms with Crippen LogP contribution in [0.3, 0.4) is 0 Å². The second-order valence-electron chi connectivity index (χ2n) is 5.93. The van der Waals surface area contributed by atoms with Gasteiger partial charge in [0, 0.05) is 27.6 Å². The Bertz CT molecular complexity index is 1070. The molecule has 0 aliphatic rings. The molecule has 24 heavy (non-hydrogen) atoms. The van der Waals surface area contributed by atoms with Gasteiger partial charge in [-0.3, -0.25) is 0 Å². The molecule has 4 aromatic rings. The number of rotatable bonds is 2. The SMILES string of the molecule is Cc1cc(C)c2c(n1)nn1c(Nc3ccc(Br)cc3)cc(C)nc21. The van der Waals surface area contributed by atoms with Crippen molar-refractivity contribution in [3.05, 3.63) is 57.8 Å². The highest BCUT2D eigenvalue weighted by molar-refractivity contribution is 9.10. The van der Waals surface area contributed by atoms with Crippen LogP contribution >= 0.6 is 15.9 Å². The van der Waals surface area contributed by atoms with Gasteiger partial charge in [0.15, 0.2) is 11.3 Å². The second kappa shape index (κ2) is 5.56. The second-order valence-corrected chi connectivity index (χ2v) is 6.84. The first kappa shape index (κ1) is 15.1. The molecule has 0 aliphatic heterocycles. The average molecular weight is 382 g/mol. The van der Waals surface area contributed by atoms with Crippen LogP contribution in [0.2, 0.25) is 0 Å². The molecular weight excluding hydrogens is 366 g/mol. The molecule has 6 heteroatoms. The van der Waals surface area contributed by atoms with Crippen LogP contribution in [0.5, 0.6) is 0 Å². The Kier molecular flexibility index (Phi) is 3.49. The molecule has 0 unspecified atom stereocenters. The molecule has 0 atom stereocenters. The van der Waals surface area contributed by atoms with Crippen LogP contribution in [0.1, 0.15) is 17.0 Å². The molecule has 1 N–H and O–H groups in total. The summed E-state index contributed by atoms with van der Waals surface area (Å²) in [6.07, 6.45) is 0. The van der Waals surface area contributed by atoms with Gasteiger partial charge in [0.2, 0.25) is 0 Å². The highest BCUT2D eigenvalue weighted by atomic mass is 79.9. The molecule has 0 saturated carbocycles. The monoisotopic (exact) mass is 381 g/mol. The summed E-state index contributed by atoms with van der Waals surface area (Å²) in [5.41, 5.74) is 5.58. The number of anilines is 2. The number of fused-ring (bicyclic) bond motifs is 3. The van der Waals surface area contributed by atoms with Gasteiger partial charge in [-0.05, 0) is 56.7 Å². The molecule has 0 saturated heterocycles. The van der Waals surface area contributed by atoms with Crippen LogP contribution in [0, 0.1) is 20.8 Å². The number of hydrogen-bond donors (Lipinski definition) is 1. The molecule has 1 aromatic carbocycles. The Balaban J connectivity index is 1.95. The number of nitrogens with zero attached hydrogens (tertiary/aromatic N) is 4. The van der Waals surface area contributed by atoms with Gasteiger partial charge in [-0.2, -0.15) is 4.52 Å². The highest BCUT2D eigenvalue weighted by Crippen LogP contribution is 2.26. The minimum Gasteiger partial charge on any atom is -0.340 e. The molecule has 0 aliphatic carbocycles. The van der Waals surface area contributed by atoms with Crippen molar-refractivity contribution in [1.29, 1.82) is 0 Å². The molecular formula is C18H16BrN5. The van der Waals surface area contributed by atoms with E-state index < -0.39 is 0 Å². The van der Waals surface area contributed by atoms with Crippen LogP contribution in [0.4, 0.5) is 11.5 Å². The Labute approximate surface area is 147 Å². The standard InChI is InChI=1S/C18H16BrN5/c1-10-8-11(2)20-17-16(10)18-21-12(3)9-15(24(18)23-17)22-14-6-4-13(19)5-7-14/h4-9,22H,1-3H3. The molecule has 5 nitrogen and oxygen atoms in total. The van der Waals surface area contributed by atoms with Crippen molar-refractivity contribution in [2.75, 3.05) is 5.32 Å². The summed E-state index contributed by atoms with van der Waals surface area (Å²) in [4.78, 5) is 9.24. The third-order valence-corrected chi connectivity index (χ3v) is 4.45. The first-order valence-electron chi connectivity index (χ1n) is 7.68. The summed E-state index contributed by atoms with van der Waals surface area (Å²) in [5.74, 6) is 0.870. The van der Waals surface area contributed by atoms with E-state index in [1.807, 2.05) is 48.7 Å². The molecule has 120 valence electrons. The number of benzene rings is 1. The summed E-state index contributed by atoms with van der Waals surface area (Å²) in [5, 5.41) is 9.09. The van der Waals surface area contributed by atoms with Crippen LogP contribution in [0.25, 0.3) is 16.7 Å². The largest absolute Gasteiger partial charge is 0.340 e. The lowest BCUT2D eigenvalue weighted by Crippen LogP contribution is -2.02. The maximum absolute atomic E-state index is 4.68. The lowest BCUT2D eigenvalue weighted by atomic mass is 10.2. The molecule has 0 radical (unpaired) electrons. The van der Waals surface area contributed by atoms with Gasteiger partial charge in [0.05, 0.1) is 5.39 Å². The van der Waals surface area contributed by atoms with E-state index in [0.29, 0.717) is 0 Å². The highest BCUT2D eigenvalue weighted by Gasteiger charge is 2.14. The van der Waals surface area contributed by atoms with Crippen molar-refractivity contribution >= 4 is 44.1 Å². The fraction of sp³-hybridized carbons (Fsp3) is 0.167. The van der Waals surface area contributed by atoms with E-state index >= 15 is 0 Å². The summed E-state index contributed by atoms with van der Waals surface area (Å²) >= 11 is 3.46. The van der Waals surface area contributed by atoms with E-state index in [-0.39, 0.29) is 0 Å². The Hall–Kier alpha value is -2.47. The van der Waals surface area contributed by atoms with Gasteiger partial charge in [0.25, 0.3) is 0 Å². The topological polar surface area (TPSA) is 55.1 Å². The number of nitrogens with one attached hydrogen (secondary N) is 1. The first-order valence-corrected chi connectivity index (χ1v) is 8.47. The van der Waals surface area contributed by atoms with E-state index in [2.05, 4.69) is 49.3 Å². The first-order chi connectivity index (χ1) is 11.5. The lowest BCUT2D eigenvalue weighted by molar-refractivity contribution is 0.944. The smallest absolute Gasteiger partial charge is 0.184 e. The van der Waals surface area contributed by atoms with E-state index in [1.165, 1.54) is 0 Å². The van der Waals surface area contributed by atoms with Crippen molar-refractivity contribution in [2.45, 2.75) is 20.8 Å². The fourth-order valence-corrected chi connectivity index (χ4v) is 3.18.